The van der Waals surface area contributed by atoms with Crippen LogP contribution in [0.15, 0.2) is 54.6 Å². The maximum Gasteiger partial charge on any atom is 0.435 e. The Bertz CT molecular complexity index is 1220. The van der Waals surface area contributed by atoms with Crippen LogP contribution in [0.3, 0.4) is 0 Å². The molecule has 0 fully saturated rings. The molecular formula is C21H16ClF3N4O. The number of nitrogens with one attached hydrogen (secondary N) is 1. The van der Waals surface area contributed by atoms with Crippen LogP contribution in [-0.4, -0.2) is 21.7 Å². The molecule has 0 aliphatic heterocycles. The fourth-order valence-electron chi connectivity index (χ4n) is 3.16. The van der Waals surface area contributed by atoms with Crippen LogP contribution in [0.2, 0.25) is 5.02 Å². The smallest absolute Gasteiger partial charge is 0.435 e. The van der Waals surface area contributed by atoms with E-state index in [0.717, 1.165) is 4.52 Å². The lowest BCUT2D eigenvalue weighted by atomic mass is 10.1. The van der Waals surface area contributed by atoms with Gasteiger partial charge in [-0.15, -0.1) is 0 Å². The molecule has 4 aromatic rings. The van der Waals surface area contributed by atoms with Crippen molar-refractivity contribution in [1.82, 2.24) is 14.6 Å². The van der Waals surface area contributed by atoms with E-state index in [0.29, 0.717) is 22.9 Å². The summed E-state index contributed by atoms with van der Waals surface area (Å²) in [5, 5.41) is 7.14. The Kier molecular flexibility index (Phi) is 5.03. The quantitative estimate of drug-likeness (QED) is 0.421. The summed E-state index contributed by atoms with van der Waals surface area (Å²) in [6.07, 6.45) is -4.69. The van der Waals surface area contributed by atoms with Crippen molar-refractivity contribution in [3.8, 4) is 16.9 Å². The number of ether oxygens (including phenoxy) is 1. The molecular weight excluding hydrogens is 417 g/mol. The largest absolute Gasteiger partial charge is 0.497 e. The van der Waals surface area contributed by atoms with E-state index in [1.54, 1.807) is 56.5 Å². The molecule has 2 aromatic carbocycles. The van der Waals surface area contributed by atoms with Crippen molar-refractivity contribution in [2.45, 2.75) is 13.1 Å². The van der Waals surface area contributed by atoms with Crippen LogP contribution >= 0.6 is 11.6 Å². The summed E-state index contributed by atoms with van der Waals surface area (Å²) < 4.78 is 47.9. The van der Waals surface area contributed by atoms with E-state index < -0.39 is 11.9 Å². The summed E-state index contributed by atoms with van der Waals surface area (Å²) in [5.74, 6) is 1.00. The third kappa shape index (κ3) is 3.66. The Morgan fingerprint density at radius 1 is 1.07 bits per heavy atom. The van der Waals surface area contributed by atoms with Crippen LogP contribution in [0.1, 0.15) is 11.4 Å². The first-order chi connectivity index (χ1) is 14.3. The maximum atomic E-state index is 13.9. The van der Waals surface area contributed by atoms with Crippen LogP contribution in [0, 0.1) is 6.92 Å². The summed E-state index contributed by atoms with van der Waals surface area (Å²) in [6, 6.07) is 15.0. The van der Waals surface area contributed by atoms with Crippen molar-refractivity contribution in [3.05, 3.63) is 71.0 Å². The summed E-state index contributed by atoms with van der Waals surface area (Å²) in [7, 11) is 1.55. The average molecular weight is 433 g/mol. The van der Waals surface area contributed by atoms with Gasteiger partial charge in [0.2, 0.25) is 0 Å². The summed E-state index contributed by atoms with van der Waals surface area (Å²) >= 11 is 6.22. The predicted molar refractivity (Wildman–Crippen MR) is 109 cm³/mol. The van der Waals surface area contributed by atoms with Crippen LogP contribution in [-0.2, 0) is 6.18 Å². The molecule has 0 amide bonds. The molecule has 0 saturated carbocycles. The minimum Gasteiger partial charge on any atom is -0.497 e. The van der Waals surface area contributed by atoms with Crippen LogP contribution in [0.5, 0.6) is 5.75 Å². The third-order valence-corrected chi connectivity index (χ3v) is 4.82. The Labute approximate surface area is 175 Å². The van der Waals surface area contributed by atoms with Crippen LogP contribution < -0.4 is 10.1 Å². The van der Waals surface area contributed by atoms with Gasteiger partial charge in [0, 0.05) is 28.0 Å². The first-order valence-corrected chi connectivity index (χ1v) is 9.29. The second kappa shape index (κ2) is 7.53. The Morgan fingerprint density at radius 3 is 2.40 bits per heavy atom. The lowest BCUT2D eigenvalue weighted by molar-refractivity contribution is -0.140. The number of rotatable bonds is 4. The highest BCUT2D eigenvalue weighted by atomic mass is 35.5. The van der Waals surface area contributed by atoms with Crippen LogP contribution in [0.25, 0.3) is 16.8 Å². The number of alkyl halides is 3. The minimum absolute atomic E-state index is 0.0615. The van der Waals surface area contributed by atoms with Gasteiger partial charge in [-0.1, -0.05) is 29.8 Å². The van der Waals surface area contributed by atoms with E-state index in [4.69, 9.17) is 16.3 Å². The zero-order valence-electron chi connectivity index (χ0n) is 16.0. The second-order valence-corrected chi connectivity index (χ2v) is 6.98. The first kappa shape index (κ1) is 20.0. The fourth-order valence-corrected chi connectivity index (χ4v) is 3.39. The molecule has 0 spiro atoms. The number of hydrogen-bond acceptors (Lipinski definition) is 4. The van der Waals surface area contributed by atoms with Crippen molar-refractivity contribution in [3.63, 3.8) is 0 Å². The molecule has 1 N–H and O–H groups in total. The van der Waals surface area contributed by atoms with Gasteiger partial charge >= 0.3 is 6.18 Å². The van der Waals surface area contributed by atoms with E-state index in [2.05, 4.69) is 15.4 Å². The number of aryl methyl sites for hydroxylation is 1. The summed E-state index contributed by atoms with van der Waals surface area (Å²) in [6.45, 7) is 1.70. The van der Waals surface area contributed by atoms with Gasteiger partial charge < -0.3 is 10.1 Å². The molecule has 0 atom stereocenters. The number of nitrogens with zero attached hydrogens (tertiary/aromatic N) is 3. The van der Waals surface area contributed by atoms with E-state index in [1.807, 2.05) is 0 Å². The highest BCUT2D eigenvalue weighted by Gasteiger charge is 2.39. The van der Waals surface area contributed by atoms with E-state index >= 15 is 0 Å². The van der Waals surface area contributed by atoms with Crippen molar-refractivity contribution in [2.75, 3.05) is 12.4 Å². The molecule has 9 heteroatoms. The zero-order valence-corrected chi connectivity index (χ0v) is 16.7. The molecule has 0 aliphatic rings. The topological polar surface area (TPSA) is 51.5 Å². The number of methoxy groups -OCH3 is 1. The number of hydrogen-bond donors (Lipinski definition) is 1. The molecule has 5 nitrogen and oxygen atoms in total. The van der Waals surface area contributed by atoms with Crippen LogP contribution in [0.4, 0.5) is 24.7 Å². The van der Waals surface area contributed by atoms with Crippen molar-refractivity contribution < 1.29 is 17.9 Å². The molecule has 0 saturated heterocycles. The van der Waals surface area contributed by atoms with Crippen molar-refractivity contribution in [2.24, 2.45) is 0 Å². The fraction of sp³-hybridized carbons (Fsp3) is 0.143. The molecule has 0 unspecified atom stereocenters. The number of halogens is 4. The normalized spacial score (nSPS) is 11.7. The van der Waals surface area contributed by atoms with E-state index in [1.165, 1.54) is 12.1 Å². The standard InChI is InChI=1S/C21H16ClF3N4O/c1-12-11-17(27-13-7-9-14(30-2)10-8-13)29-20(26-12)18(19(28-29)21(23,24)25)15-5-3-4-6-16(15)22/h3-11,27H,1-2H3. The van der Waals surface area contributed by atoms with Gasteiger partial charge in [0.15, 0.2) is 11.3 Å². The lowest BCUT2D eigenvalue weighted by Gasteiger charge is -2.10. The third-order valence-electron chi connectivity index (χ3n) is 4.49. The Balaban J connectivity index is 1.94. The predicted octanol–water partition coefficient (Wildman–Crippen LogP) is 6.13. The zero-order chi connectivity index (χ0) is 21.5. The number of aromatic nitrogens is 3. The SMILES string of the molecule is COc1ccc(Nc2cc(C)nc3c(-c4ccccc4Cl)c(C(F)(F)F)nn23)cc1. The van der Waals surface area contributed by atoms with E-state index in [9.17, 15) is 13.2 Å². The van der Waals surface area contributed by atoms with Gasteiger partial charge in [0.05, 0.1) is 12.7 Å². The summed E-state index contributed by atoms with van der Waals surface area (Å²) in [5.41, 5.74) is 0.258. The molecule has 0 radical (unpaired) electrons. The number of anilines is 2. The van der Waals surface area contributed by atoms with E-state index in [-0.39, 0.29) is 21.8 Å². The molecule has 30 heavy (non-hydrogen) atoms. The average Bonchev–Trinajstić information content (AvgIpc) is 3.09. The maximum absolute atomic E-state index is 13.9. The van der Waals surface area contributed by atoms with Gasteiger partial charge in [0.25, 0.3) is 0 Å². The van der Waals surface area contributed by atoms with Gasteiger partial charge in [-0.05, 0) is 37.3 Å². The molecule has 2 heterocycles. The van der Waals surface area contributed by atoms with Gasteiger partial charge in [-0.2, -0.15) is 22.8 Å². The Morgan fingerprint density at radius 2 is 1.77 bits per heavy atom. The highest BCUT2D eigenvalue weighted by molar-refractivity contribution is 6.33. The first-order valence-electron chi connectivity index (χ1n) is 8.91. The van der Waals surface area contributed by atoms with Gasteiger partial charge in [-0.25, -0.2) is 4.98 Å². The highest BCUT2D eigenvalue weighted by Crippen LogP contribution is 2.41. The molecule has 2 aromatic heterocycles. The minimum atomic E-state index is -4.69. The molecule has 0 aliphatic carbocycles. The van der Waals surface area contributed by atoms with Gasteiger partial charge in [-0.3, -0.25) is 0 Å². The van der Waals surface area contributed by atoms with Gasteiger partial charge in [0.1, 0.15) is 11.6 Å². The molecule has 0 bridgehead atoms. The monoisotopic (exact) mass is 432 g/mol. The number of benzene rings is 2. The van der Waals surface area contributed by atoms with Crippen molar-refractivity contribution in [1.29, 1.82) is 0 Å². The van der Waals surface area contributed by atoms with Crippen molar-refractivity contribution >= 4 is 28.8 Å². The Hall–Kier alpha value is -3.26. The number of fused-ring (bicyclic) bond motifs is 1. The summed E-state index contributed by atoms with van der Waals surface area (Å²) in [4.78, 5) is 4.34. The second-order valence-electron chi connectivity index (χ2n) is 6.57. The molecule has 4 rings (SSSR count). The molecule has 154 valence electrons. The lowest BCUT2D eigenvalue weighted by Crippen LogP contribution is -2.08.